The molecule has 3 atom stereocenters. The van der Waals surface area contributed by atoms with Crippen LogP contribution in [0.5, 0.6) is 0 Å². The Kier molecular flexibility index (Phi) is 5.22. The van der Waals surface area contributed by atoms with Gasteiger partial charge in [-0.15, -0.1) is 0 Å². The molecule has 2 aliphatic heterocycles. The second kappa shape index (κ2) is 7.93. The summed E-state index contributed by atoms with van der Waals surface area (Å²) in [4.78, 5) is 22.7. The Morgan fingerprint density at radius 2 is 2.04 bits per heavy atom. The molecule has 2 aromatic heterocycles. The molecule has 0 saturated carbocycles. The van der Waals surface area contributed by atoms with Gasteiger partial charge in [-0.1, -0.05) is 6.07 Å². The zero-order chi connectivity index (χ0) is 17.8. The zero-order valence-electron chi connectivity index (χ0n) is 14.8. The van der Waals surface area contributed by atoms with E-state index in [4.69, 9.17) is 4.74 Å². The van der Waals surface area contributed by atoms with E-state index in [-0.39, 0.29) is 18.1 Å². The number of ether oxygens (including phenoxy) is 1. The summed E-state index contributed by atoms with van der Waals surface area (Å²) < 4.78 is 6.15. The number of hydrogen-bond acceptors (Lipinski definition) is 5. The Hall–Kier alpha value is -2.31. The fraction of sp³-hybridized carbons (Fsp3) is 0.450. The van der Waals surface area contributed by atoms with Gasteiger partial charge in [0.25, 0.3) is 0 Å². The molecule has 6 heteroatoms. The normalized spacial score (nSPS) is 25.2. The summed E-state index contributed by atoms with van der Waals surface area (Å²) in [5, 5.41) is 2.96. The number of nitrogens with one attached hydrogen (secondary N) is 1. The summed E-state index contributed by atoms with van der Waals surface area (Å²) >= 11 is 0. The molecule has 0 aromatic carbocycles. The minimum Gasteiger partial charge on any atom is -0.373 e. The fourth-order valence-electron chi connectivity index (χ4n) is 3.94. The summed E-state index contributed by atoms with van der Waals surface area (Å²) in [5.74, 6) is 0.584. The van der Waals surface area contributed by atoms with Gasteiger partial charge in [0, 0.05) is 56.9 Å². The lowest BCUT2D eigenvalue weighted by Crippen LogP contribution is -2.29. The number of fused-ring (bicyclic) bond motifs is 1. The van der Waals surface area contributed by atoms with Gasteiger partial charge in [0.05, 0.1) is 18.6 Å². The average molecular weight is 352 g/mol. The second-order valence-electron chi connectivity index (χ2n) is 7.18. The Labute approximate surface area is 153 Å². The highest BCUT2D eigenvalue weighted by atomic mass is 16.5. The van der Waals surface area contributed by atoms with Crippen molar-refractivity contribution in [1.82, 2.24) is 20.2 Å². The second-order valence-corrected chi connectivity index (χ2v) is 7.18. The molecule has 1 N–H and O–H groups in total. The van der Waals surface area contributed by atoms with Gasteiger partial charge in [0.15, 0.2) is 0 Å². The number of rotatable bonds is 6. The van der Waals surface area contributed by atoms with Crippen LogP contribution in [0.1, 0.15) is 24.0 Å². The van der Waals surface area contributed by atoms with Gasteiger partial charge >= 0.3 is 0 Å². The summed E-state index contributed by atoms with van der Waals surface area (Å²) in [6, 6.07) is 7.95. The first-order valence-electron chi connectivity index (χ1n) is 9.18. The molecule has 2 fully saturated rings. The number of amides is 1. The van der Waals surface area contributed by atoms with Crippen molar-refractivity contribution in [1.29, 1.82) is 0 Å². The van der Waals surface area contributed by atoms with E-state index < -0.39 is 0 Å². The monoisotopic (exact) mass is 352 g/mol. The molecule has 136 valence electrons. The Morgan fingerprint density at radius 3 is 2.81 bits per heavy atom. The first kappa shape index (κ1) is 17.1. The van der Waals surface area contributed by atoms with Crippen LogP contribution in [0.15, 0.2) is 49.1 Å². The largest absolute Gasteiger partial charge is 0.373 e. The molecule has 26 heavy (non-hydrogen) atoms. The molecule has 4 heterocycles. The third kappa shape index (κ3) is 4.26. The number of aromatic nitrogens is 2. The van der Waals surface area contributed by atoms with Crippen molar-refractivity contribution in [3.63, 3.8) is 0 Å². The predicted molar refractivity (Wildman–Crippen MR) is 97.0 cm³/mol. The van der Waals surface area contributed by atoms with Crippen molar-refractivity contribution in [3.8, 4) is 0 Å². The lowest BCUT2D eigenvalue weighted by Gasteiger charge is -2.19. The summed E-state index contributed by atoms with van der Waals surface area (Å²) in [6.07, 6.45) is 8.89. The molecule has 6 nitrogen and oxygen atoms in total. The molecule has 2 aliphatic rings. The molecule has 4 rings (SSSR count). The Balaban J connectivity index is 1.20. The smallest absolute Gasteiger partial charge is 0.222 e. The minimum atomic E-state index is 0.0435. The first-order valence-corrected chi connectivity index (χ1v) is 9.18. The molecule has 1 amide bonds. The molecule has 0 unspecified atom stereocenters. The molecule has 0 radical (unpaired) electrons. The zero-order valence-corrected chi connectivity index (χ0v) is 14.8. The van der Waals surface area contributed by atoms with Gasteiger partial charge in [0.2, 0.25) is 5.91 Å². The van der Waals surface area contributed by atoms with Crippen LogP contribution >= 0.6 is 0 Å². The molecular weight excluding hydrogens is 328 g/mol. The van der Waals surface area contributed by atoms with Crippen LogP contribution < -0.4 is 5.32 Å². The third-order valence-corrected chi connectivity index (χ3v) is 5.17. The van der Waals surface area contributed by atoms with Crippen molar-refractivity contribution in [2.24, 2.45) is 5.92 Å². The quantitative estimate of drug-likeness (QED) is 0.858. The van der Waals surface area contributed by atoms with Gasteiger partial charge in [-0.25, -0.2) is 0 Å². The number of pyridine rings is 2. The average Bonchev–Trinajstić information content (AvgIpc) is 3.19. The van der Waals surface area contributed by atoms with Gasteiger partial charge in [-0.2, -0.15) is 0 Å². The Morgan fingerprint density at radius 1 is 1.15 bits per heavy atom. The molecule has 0 bridgehead atoms. The van der Waals surface area contributed by atoms with Crippen molar-refractivity contribution in [2.45, 2.75) is 38.1 Å². The Bertz CT molecular complexity index is 711. The van der Waals surface area contributed by atoms with Crippen molar-refractivity contribution >= 4 is 5.91 Å². The predicted octanol–water partition coefficient (Wildman–Crippen LogP) is 1.77. The van der Waals surface area contributed by atoms with E-state index in [2.05, 4.69) is 32.3 Å². The number of carbonyl (C=O) groups is 1. The van der Waals surface area contributed by atoms with Crippen LogP contribution in [-0.4, -0.2) is 46.1 Å². The third-order valence-electron chi connectivity index (χ3n) is 5.17. The maximum Gasteiger partial charge on any atom is 0.222 e. The van der Waals surface area contributed by atoms with Gasteiger partial charge in [-0.3, -0.25) is 19.7 Å². The van der Waals surface area contributed by atoms with E-state index in [1.54, 1.807) is 12.4 Å². The van der Waals surface area contributed by atoms with Crippen molar-refractivity contribution in [3.05, 3.63) is 60.2 Å². The SMILES string of the molecule is O=C(C[C@@H]1C[C@@H]2CN(Cc3ccncc3)C[C@@H]2O1)NCc1cccnc1. The van der Waals surface area contributed by atoms with E-state index in [0.29, 0.717) is 18.9 Å². The van der Waals surface area contributed by atoms with Crippen molar-refractivity contribution < 1.29 is 9.53 Å². The van der Waals surface area contributed by atoms with Gasteiger partial charge < -0.3 is 10.1 Å². The number of likely N-dealkylation sites (tertiary alicyclic amines) is 1. The lowest BCUT2D eigenvalue weighted by atomic mass is 10.0. The van der Waals surface area contributed by atoms with Crippen molar-refractivity contribution in [2.75, 3.05) is 13.1 Å². The molecular formula is C20H24N4O2. The van der Waals surface area contributed by atoms with Gasteiger partial charge in [0.1, 0.15) is 0 Å². The highest BCUT2D eigenvalue weighted by molar-refractivity contribution is 5.76. The van der Waals surface area contributed by atoms with Crippen LogP contribution in [0.3, 0.4) is 0 Å². The fourth-order valence-corrected chi connectivity index (χ4v) is 3.94. The lowest BCUT2D eigenvalue weighted by molar-refractivity contribution is -0.124. The highest BCUT2D eigenvalue weighted by Gasteiger charge is 2.42. The number of nitrogens with zero attached hydrogens (tertiary/aromatic N) is 3. The highest BCUT2D eigenvalue weighted by Crippen LogP contribution is 2.34. The van der Waals surface area contributed by atoms with E-state index in [9.17, 15) is 4.79 Å². The first-order chi connectivity index (χ1) is 12.8. The maximum absolute atomic E-state index is 12.2. The summed E-state index contributed by atoms with van der Waals surface area (Å²) in [7, 11) is 0. The number of hydrogen-bond donors (Lipinski definition) is 1. The van der Waals surface area contributed by atoms with E-state index >= 15 is 0 Å². The minimum absolute atomic E-state index is 0.0435. The van der Waals surface area contributed by atoms with Crippen LogP contribution in [0.2, 0.25) is 0 Å². The van der Waals surface area contributed by atoms with E-state index in [1.807, 2.05) is 24.5 Å². The molecule has 2 saturated heterocycles. The molecule has 0 spiro atoms. The number of carbonyl (C=O) groups excluding carboxylic acids is 1. The van der Waals surface area contributed by atoms with Gasteiger partial charge in [-0.05, 0) is 35.7 Å². The summed E-state index contributed by atoms with van der Waals surface area (Å²) in [5.41, 5.74) is 2.29. The topological polar surface area (TPSA) is 67.4 Å². The van der Waals surface area contributed by atoms with E-state index in [0.717, 1.165) is 31.6 Å². The maximum atomic E-state index is 12.2. The molecule has 2 aromatic rings. The standard InChI is InChI=1S/C20H24N4O2/c25-20(23-11-16-2-1-5-22-10-16)9-18-8-17-13-24(14-19(17)26-18)12-15-3-6-21-7-4-15/h1-7,10,17-19H,8-9,11-14H2,(H,23,25)/t17-,18+,19+/m1/s1. The summed E-state index contributed by atoms with van der Waals surface area (Å²) in [6.45, 7) is 3.45. The van der Waals surface area contributed by atoms with E-state index in [1.165, 1.54) is 5.56 Å². The van der Waals surface area contributed by atoms with Crippen LogP contribution in [-0.2, 0) is 22.6 Å². The molecule has 0 aliphatic carbocycles. The van der Waals surface area contributed by atoms with Crippen LogP contribution in [0.4, 0.5) is 0 Å². The van der Waals surface area contributed by atoms with Crippen LogP contribution in [0.25, 0.3) is 0 Å². The van der Waals surface area contributed by atoms with Crippen LogP contribution in [0, 0.1) is 5.92 Å².